The van der Waals surface area contributed by atoms with Crippen LogP contribution in [0.1, 0.15) is 11.8 Å². The van der Waals surface area contributed by atoms with Crippen LogP contribution in [0.25, 0.3) is 5.52 Å². The molecule has 0 radical (unpaired) electrons. The molecule has 3 heteroatoms. The number of aliphatic hydroxyl groups is 1. The predicted octanol–water partition coefficient (Wildman–Crippen LogP) is 1.00. The van der Waals surface area contributed by atoms with Gasteiger partial charge in [0.15, 0.2) is 6.10 Å². The van der Waals surface area contributed by atoms with Crippen LogP contribution in [-0.4, -0.2) is 14.5 Å². The smallest absolute Gasteiger partial charge is 0.155 e. The summed E-state index contributed by atoms with van der Waals surface area (Å²) in [5, 5.41) is 9.46. The number of terminal acetylenes is 1. The molecule has 2 rings (SSSR count). The zero-order chi connectivity index (χ0) is 9.26. The number of nitrogens with zero attached hydrogens (tertiary/aromatic N) is 2. The number of aromatic nitrogens is 2. The summed E-state index contributed by atoms with van der Waals surface area (Å²) >= 11 is 0. The van der Waals surface area contributed by atoms with Crippen molar-refractivity contribution < 1.29 is 5.11 Å². The summed E-state index contributed by atoms with van der Waals surface area (Å²) in [6.07, 6.45) is 7.60. The second-order valence-corrected chi connectivity index (χ2v) is 2.71. The summed E-state index contributed by atoms with van der Waals surface area (Å²) < 4.78 is 1.77. The minimum Gasteiger partial charge on any atom is -0.375 e. The quantitative estimate of drug-likeness (QED) is 0.651. The van der Waals surface area contributed by atoms with Gasteiger partial charge in [-0.2, -0.15) is 0 Å². The molecule has 0 aliphatic rings. The average Bonchev–Trinajstić information content (AvgIpc) is 2.63. The van der Waals surface area contributed by atoms with Gasteiger partial charge in [0.2, 0.25) is 0 Å². The third-order valence-corrected chi connectivity index (χ3v) is 1.92. The minimum atomic E-state index is -0.877. The van der Waals surface area contributed by atoms with E-state index in [1.807, 2.05) is 12.1 Å². The number of hydrogen-bond acceptors (Lipinski definition) is 2. The van der Waals surface area contributed by atoms with E-state index >= 15 is 0 Å². The molecule has 0 saturated carbocycles. The fraction of sp³-hybridized carbons (Fsp3) is 0.100. The molecule has 0 spiro atoms. The lowest BCUT2D eigenvalue weighted by Crippen LogP contribution is -2.00. The molecule has 0 saturated heterocycles. The Morgan fingerprint density at radius 1 is 1.54 bits per heavy atom. The van der Waals surface area contributed by atoms with Gasteiger partial charge in [-0.1, -0.05) is 12.0 Å². The first-order valence-electron chi connectivity index (χ1n) is 3.88. The van der Waals surface area contributed by atoms with Crippen LogP contribution in [0.15, 0.2) is 30.7 Å². The van der Waals surface area contributed by atoms with Gasteiger partial charge in [-0.15, -0.1) is 6.42 Å². The number of pyridine rings is 1. The summed E-state index contributed by atoms with van der Waals surface area (Å²) in [6, 6.07) is 5.52. The maximum absolute atomic E-state index is 9.46. The molecular weight excluding hydrogens is 164 g/mol. The molecule has 0 fully saturated rings. The van der Waals surface area contributed by atoms with Gasteiger partial charge >= 0.3 is 0 Å². The zero-order valence-electron chi connectivity index (χ0n) is 6.88. The molecular formula is C10H8N2O. The molecule has 64 valence electrons. The molecule has 1 atom stereocenters. The van der Waals surface area contributed by atoms with Crippen LogP contribution < -0.4 is 0 Å². The van der Waals surface area contributed by atoms with Crippen LogP contribution in [0.4, 0.5) is 0 Å². The summed E-state index contributed by atoms with van der Waals surface area (Å²) in [5.74, 6) is 2.27. The van der Waals surface area contributed by atoms with Gasteiger partial charge in [0.1, 0.15) is 0 Å². The molecule has 0 aromatic carbocycles. The highest BCUT2D eigenvalue weighted by Crippen LogP contribution is 2.13. The first-order valence-corrected chi connectivity index (χ1v) is 3.88. The normalized spacial score (nSPS) is 12.6. The van der Waals surface area contributed by atoms with Crippen LogP contribution in [0.2, 0.25) is 0 Å². The van der Waals surface area contributed by atoms with E-state index in [0.29, 0.717) is 5.69 Å². The second kappa shape index (κ2) is 2.92. The van der Waals surface area contributed by atoms with Crippen LogP contribution in [0.3, 0.4) is 0 Å². The first-order chi connectivity index (χ1) is 6.33. The van der Waals surface area contributed by atoms with Gasteiger partial charge in [0, 0.05) is 0 Å². The van der Waals surface area contributed by atoms with Crippen molar-refractivity contribution in [3.63, 3.8) is 0 Å². The minimum absolute atomic E-state index is 0.664. The Morgan fingerprint density at radius 3 is 3.15 bits per heavy atom. The monoisotopic (exact) mass is 172 g/mol. The molecule has 0 amide bonds. The van der Waals surface area contributed by atoms with Crippen LogP contribution in [0, 0.1) is 12.3 Å². The summed E-state index contributed by atoms with van der Waals surface area (Å²) in [4.78, 5) is 3.96. The highest BCUT2D eigenvalue weighted by molar-refractivity contribution is 5.46. The van der Waals surface area contributed by atoms with Gasteiger partial charge in [-0.25, -0.2) is 4.98 Å². The maximum atomic E-state index is 9.46. The molecule has 0 aliphatic heterocycles. The largest absolute Gasteiger partial charge is 0.375 e. The van der Waals surface area contributed by atoms with Crippen molar-refractivity contribution in [2.75, 3.05) is 0 Å². The Kier molecular flexibility index (Phi) is 1.76. The van der Waals surface area contributed by atoms with Crippen molar-refractivity contribution in [3.8, 4) is 12.3 Å². The molecule has 0 aliphatic carbocycles. The lowest BCUT2D eigenvalue weighted by Gasteiger charge is -2.06. The summed E-state index contributed by atoms with van der Waals surface area (Å²) in [6.45, 7) is 0. The molecule has 2 aromatic heterocycles. The molecule has 2 heterocycles. The summed E-state index contributed by atoms with van der Waals surface area (Å²) in [7, 11) is 0. The van der Waals surface area contributed by atoms with Crippen molar-refractivity contribution in [2.45, 2.75) is 6.10 Å². The molecule has 2 aromatic rings. The van der Waals surface area contributed by atoms with Gasteiger partial charge in [0.25, 0.3) is 0 Å². The maximum Gasteiger partial charge on any atom is 0.155 e. The van der Waals surface area contributed by atoms with Crippen molar-refractivity contribution >= 4 is 5.52 Å². The van der Waals surface area contributed by atoms with Crippen molar-refractivity contribution in [1.29, 1.82) is 0 Å². The van der Waals surface area contributed by atoms with Crippen molar-refractivity contribution in [2.24, 2.45) is 0 Å². The number of hydrogen-bond donors (Lipinski definition) is 1. The van der Waals surface area contributed by atoms with E-state index in [1.54, 1.807) is 23.0 Å². The van der Waals surface area contributed by atoms with E-state index in [9.17, 15) is 5.11 Å². The lowest BCUT2D eigenvalue weighted by molar-refractivity contribution is 0.232. The SMILES string of the molecule is C#CC(O)c1cccc2cncn12. The van der Waals surface area contributed by atoms with Crippen LogP contribution >= 0.6 is 0 Å². The van der Waals surface area contributed by atoms with E-state index in [4.69, 9.17) is 6.42 Å². The highest BCUT2D eigenvalue weighted by atomic mass is 16.3. The number of imidazole rings is 1. The van der Waals surface area contributed by atoms with E-state index in [2.05, 4.69) is 10.9 Å². The molecule has 1 unspecified atom stereocenters. The fourth-order valence-electron chi connectivity index (χ4n) is 1.28. The topological polar surface area (TPSA) is 37.5 Å². The van der Waals surface area contributed by atoms with Gasteiger partial charge in [-0.05, 0) is 12.1 Å². The van der Waals surface area contributed by atoms with Gasteiger partial charge < -0.3 is 5.11 Å². The molecule has 13 heavy (non-hydrogen) atoms. The number of aliphatic hydroxyl groups excluding tert-OH is 1. The molecule has 1 N–H and O–H groups in total. The Balaban J connectivity index is 2.69. The third-order valence-electron chi connectivity index (χ3n) is 1.92. The highest BCUT2D eigenvalue weighted by Gasteiger charge is 2.06. The fourth-order valence-corrected chi connectivity index (χ4v) is 1.28. The Hall–Kier alpha value is -1.79. The zero-order valence-corrected chi connectivity index (χ0v) is 6.88. The first kappa shape index (κ1) is 7.84. The Morgan fingerprint density at radius 2 is 2.38 bits per heavy atom. The van der Waals surface area contributed by atoms with Crippen molar-refractivity contribution in [1.82, 2.24) is 9.38 Å². The van der Waals surface area contributed by atoms with Gasteiger partial charge in [0.05, 0.1) is 23.7 Å². The van der Waals surface area contributed by atoms with E-state index in [1.165, 1.54) is 0 Å². The van der Waals surface area contributed by atoms with E-state index < -0.39 is 6.10 Å². The van der Waals surface area contributed by atoms with Gasteiger partial charge in [-0.3, -0.25) is 4.40 Å². The Labute approximate surface area is 75.7 Å². The lowest BCUT2D eigenvalue weighted by atomic mass is 10.2. The average molecular weight is 172 g/mol. The standard InChI is InChI=1S/C10H8N2O/c1-2-10(13)9-5-3-4-8-6-11-7-12(8)9/h1,3-7,10,13H. The van der Waals surface area contributed by atoms with E-state index in [0.717, 1.165) is 5.52 Å². The van der Waals surface area contributed by atoms with E-state index in [-0.39, 0.29) is 0 Å². The number of fused-ring (bicyclic) bond motifs is 1. The van der Waals surface area contributed by atoms with Crippen LogP contribution in [-0.2, 0) is 0 Å². The molecule has 0 bridgehead atoms. The summed E-state index contributed by atoms with van der Waals surface area (Å²) in [5.41, 5.74) is 1.59. The van der Waals surface area contributed by atoms with Crippen molar-refractivity contribution in [3.05, 3.63) is 36.4 Å². The molecule has 3 nitrogen and oxygen atoms in total. The Bertz CT molecular complexity index is 467. The van der Waals surface area contributed by atoms with Crippen LogP contribution in [0.5, 0.6) is 0 Å². The predicted molar refractivity (Wildman–Crippen MR) is 49.0 cm³/mol. The second-order valence-electron chi connectivity index (χ2n) is 2.71. The number of rotatable bonds is 1. The third kappa shape index (κ3) is 1.17.